The van der Waals surface area contributed by atoms with Crippen LogP contribution in [-0.4, -0.2) is 5.75 Å². The number of allylic oxidation sites excluding steroid dienone is 1. The molecule has 1 atom stereocenters. The second kappa shape index (κ2) is 4.05. The minimum atomic E-state index is -0.188. The summed E-state index contributed by atoms with van der Waals surface area (Å²) in [5.74, 6) is 1.09. The molecule has 0 aliphatic carbocycles. The van der Waals surface area contributed by atoms with Crippen LogP contribution in [0.4, 0.5) is 10.1 Å². The van der Waals surface area contributed by atoms with Gasteiger partial charge in [-0.15, -0.1) is 11.8 Å². The van der Waals surface area contributed by atoms with Gasteiger partial charge in [-0.2, -0.15) is 0 Å². The number of halogens is 1. The second-order valence-electron chi connectivity index (χ2n) is 3.38. The van der Waals surface area contributed by atoms with Crippen LogP contribution in [0.1, 0.15) is 17.9 Å². The first-order valence-corrected chi connectivity index (χ1v) is 5.65. The van der Waals surface area contributed by atoms with Crippen molar-refractivity contribution in [2.24, 2.45) is 0 Å². The van der Waals surface area contributed by atoms with Gasteiger partial charge in [0, 0.05) is 11.6 Å². The molecule has 14 heavy (non-hydrogen) atoms. The number of nitrogens with two attached hydrogens (primary N) is 1. The fourth-order valence-corrected chi connectivity index (χ4v) is 2.44. The van der Waals surface area contributed by atoms with Gasteiger partial charge in [0.1, 0.15) is 5.82 Å². The molecular formula is C11H12FNS. The molecule has 2 rings (SSSR count). The van der Waals surface area contributed by atoms with Gasteiger partial charge in [-0.05, 0) is 35.3 Å². The van der Waals surface area contributed by atoms with Crippen molar-refractivity contribution in [2.75, 3.05) is 11.5 Å². The fourth-order valence-electron chi connectivity index (χ4n) is 1.61. The molecule has 0 aromatic heterocycles. The van der Waals surface area contributed by atoms with Crippen LogP contribution < -0.4 is 5.73 Å². The Balaban J connectivity index is 2.31. The van der Waals surface area contributed by atoms with Crippen molar-refractivity contribution in [2.45, 2.75) is 12.3 Å². The number of rotatable bonds is 1. The van der Waals surface area contributed by atoms with Gasteiger partial charge in [-0.25, -0.2) is 4.39 Å². The van der Waals surface area contributed by atoms with E-state index in [2.05, 4.69) is 6.08 Å². The summed E-state index contributed by atoms with van der Waals surface area (Å²) in [5.41, 5.74) is 6.74. The minimum Gasteiger partial charge on any atom is -0.399 e. The molecule has 1 aliphatic heterocycles. The third kappa shape index (κ3) is 1.93. The molecule has 1 nitrogen and oxygen atoms in total. The normalized spacial score (nSPS) is 21.1. The summed E-state index contributed by atoms with van der Waals surface area (Å²) in [7, 11) is 0. The lowest BCUT2D eigenvalue weighted by Crippen LogP contribution is -2.03. The van der Waals surface area contributed by atoms with E-state index in [4.69, 9.17) is 5.73 Å². The molecule has 0 fully saturated rings. The number of nitrogen functional groups attached to an aromatic ring is 1. The van der Waals surface area contributed by atoms with Gasteiger partial charge >= 0.3 is 0 Å². The maximum Gasteiger partial charge on any atom is 0.129 e. The zero-order valence-electron chi connectivity index (χ0n) is 7.74. The van der Waals surface area contributed by atoms with Gasteiger partial charge < -0.3 is 5.73 Å². The average molecular weight is 209 g/mol. The minimum absolute atomic E-state index is 0.188. The summed E-state index contributed by atoms with van der Waals surface area (Å²) in [4.78, 5) is 0. The van der Waals surface area contributed by atoms with E-state index in [1.807, 2.05) is 5.41 Å². The Morgan fingerprint density at radius 2 is 2.29 bits per heavy atom. The first-order valence-electron chi connectivity index (χ1n) is 4.60. The van der Waals surface area contributed by atoms with Crippen molar-refractivity contribution >= 4 is 17.4 Å². The molecule has 1 aliphatic rings. The molecule has 1 aromatic rings. The number of hydrogen-bond acceptors (Lipinski definition) is 2. The standard InChI is InChI=1S/C11H12FNS/c12-11-7-9(13)1-2-10(11)8-3-5-14-6-4-8/h1-3,5,7-8H,4,6,13H2. The van der Waals surface area contributed by atoms with Crippen LogP contribution in [0, 0.1) is 5.82 Å². The SMILES string of the molecule is Nc1ccc(C2C=CSCC2)c(F)c1. The third-order valence-electron chi connectivity index (χ3n) is 2.38. The Labute approximate surface area is 87.2 Å². The zero-order valence-corrected chi connectivity index (χ0v) is 8.56. The summed E-state index contributed by atoms with van der Waals surface area (Å²) in [6.45, 7) is 0. The van der Waals surface area contributed by atoms with Gasteiger partial charge in [0.15, 0.2) is 0 Å². The molecule has 0 spiro atoms. The molecule has 2 N–H and O–H groups in total. The summed E-state index contributed by atoms with van der Waals surface area (Å²) in [6, 6.07) is 4.94. The quantitative estimate of drug-likeness (QED) is 0.719. The first-order chi connectivity index (χ1) is 6.77. The Morgan fingerprint density at radius 1 is 1.43 bits per heavy atom. The number of hydrogen-bond donors (Lipinski definition) is 1. The number of benzene rings is 1. The Bertz CT molecular complexity index is 362. The van der Waals surface area contributed by atoms with Gasteiger partial charge in [-0.1, -0.05) is 12.1 Å². The van der Waals surface area contributed by atoms with E-state index < -0.39 is 0 Å². The molecule has 3 heteroatoms. The predicted molar refractivity (Wildman–Crippen MR) is 59.8 cm³/mol. The molecule has 1 aromatic carbocycles. The molecule has 1 heterocycles. The van der Waals surface area contributed by atoms with Gasteiger partial charge in [0.2, 0.25) is 0 Å². The second-order valence-corrected chi connectivity index (χ2v) is 4.39. The fraction of sp³-hybridized carbons (Fsp3) is 0.273. The Morgan fingerprint density at radius 3 is 2.93 bits per heavy atom. The van der Waals surface area contributed by atoms with Crippen LogP contribution in [-0.2, 0) is 0 Å². The molecule has 74 valence electrons. The third-order valence-corrected chi connectivity index (χ3v) is 3.20. The monoisotopic (exact) mass is 209 g/mol. The smallest absolute Gasteiger partial charge is 0.129 e. The molecule has 0 radical (unpaired) electrons. The van der Waals surface area contributed by atoms with Crippen molar-refractivity contribution in [1.29, 1.82) is 0 Å². The van der Waals surface area contributed by atoms with Gasteiger partial charge in [-0.3, -0.25) is 0 Å². The Hall–Kier alpha value is -0.960. The van der Waals surface area contributed by atoms with E-state index >= 15 is 0 Å². The first kappa shape index (κ1) is 9.59. The van der Waals surface area contributed by atoms with Crippen molar-refractivity contribution in [3.05, 3.63) is 41.1 Å². The van der Waals surface area contributed by atoms with Gasteiger partial charge in [0.05, 0.1) is 0 Å². The number of thioether (sulfide) groups is 1. The van der Waals surface area contributed by atoms with Crippen molar-refractivity contribution in [1.82, 2.24) is 0 Å². The topological polar surface area (TPSA) is 26.0 Å². The molecule has 0 amide bonds. The molecule has 0 saturated carbocycles. The van der Waals surface area contributed by atoms with Crippen LogP contribution >= 0.6 is 11.8 Å². The lowest BCUT2D eigenvalue weighted by Gasteiger charge is -2.17. The summed E-state index contributed by atoms with van der Waals surface area (Å²) < 4.78 is 13.5. The van der Waals surface area contributed by atoms with Gasteiger partial charge in [0.25, 0.3) is 0 Å². The van der Waals surface area contributed by atoms with Crippen molar-refractivity contribution < 1.29 is 4.39 Å². The Kier molecular flexibility index (Phi) is 2.77. The molecule has 0 bridgehead atoms. The highest BCUT2D eigenvalue weighted by atomic mass is 32.2. The zero-order chi connectivity index (χ0) is 9.97. The number of anilines is 1. The van der Waals surface area contributed by atoms with Crippen LogP contribution in [0.5, 0.6) is 0 Å². The predicted octanol–water partition coefficient (Wildman–Crippen LogP) is 3.14. The van der Waals surface area contributed by atoms with Crippen molar-refractivity contribution in [3.8, 4) is 0 Å². The van der Waals surface area contributed by atoms with Crippen LogP contribution in [0.2, 0.25) is 0 Å². The van der Waals surface area contributed by atoms with Crippen LogP contribution in [0.3, 0.4) is 0 Å². The molecular weight excluding hydrogens is 197 g/mol. The summed E-state index contributed by atoms with van der Waals surface area (Å²) >= 11 is 1.77. The highest BCUT2D eigenvalue weighted by molar-refractivity contribution is 8.02. The molecule has 0 saturated heterocycles. The van der Waals surface area contributed by atoms with E-state index in [9.17, 15) is 4.39 Å². The largest absolute Gasteiger partial charge is 0.399 e. The lowest BCUT2D eigenvalue weighted by molar-refractivity contribution is 0.597. The van der Waals surface area contributed by atoms with Crippen molar-refractivity contribution in [3.63, 3.8) is 0 Å². The van der Waals surface area contributed by atoms with E-state index in [1.54, 1.807) is 23.9 Å². The summed E-state index contributed by atoms with van der Waals surface area (Å²) in [5, 5.41) is 2.05. The highest BCUT2D eigenvalue weighted by Gasteiger charge is 2.14. The lowest BCUT2D eigenvalue weighted by atomic mass is 9.95. The van der Waals surface area contributed by atoms with Crippen LogP contribution in [0.25, 0.3) is 0 Å². The average Bonchev–Trinajstić information content (AvgIpc) is 2.19. The maximum absolute atomic E-state index is 13.5. The van der Waals surface area contributed by atoms with E-state index in [1.165, 1.54) is 6.07 Å². The van der Waals surface area contributed by atoms with E-state index in [0.717, 1.165) is 17.7 Å². The van der Waals surface area contributed by atoms with E-state index in [0.29, 0.717) is 5.69 Å². The summed E-state index contributed by atoms with van der Waals surface area (Å²) in [6.07, 6.45) is 3.06. The van der Waals surface area contributed by atoms with E-state index in [-0.39, 0.29) is 11.7 Å². The molecule has 1 unspecified atom stereocenters. The maximum atomic E-state index is 13.5. The van der Waals surface area contributed by atoms with Crippen LogP contribution in [0.15, 0.2) is 29.7 Å². The highest BCUT2D eigenvalue weighted by Crippen LogP contribution is 2.30.